The molecule has 3 N–H and O–H groups in total. The molecule has 0 saturated carbocycles. The van der Waals surface area contributed by atoms with Crippen LogP contribution in [0.2, 0.25) is 0 Å². The lowest BCUT2D eigenvalue weighted by molar-refractivity contribution is 0.807. The Morgan fingerprint density at radius 3 is 3.06 bits per heavy atom. The minimum atomic E-state index is 0.245. The first kappa shape index (κ1) is 11.4. The van der Waals surface area contributed by atoms with Crippen LogP contribution in [0.3, 0.4) is 0 Å². The Balaban J connectivity index is 2.07. The Morgan fingerprint density at radius 2 is 2.41 bits per heavy atom. The van der Waals surface area contributed by atoms with E-state index in [-0.39, 0.29) is 4.99 Å². The summed E-state index contributed by atoms with van der Waals surface area (Å²) in [4.78, 5) is 8.46. The summed E-state index contributed by atoms with van der Waals surface area (Å²) in [6.45, 7) is 0.483. The Labute approximate surface area is 103 Å². The SMILES string of the molecule is Cn1cnnc1CNc1nccc(C(N)=S)n1. The molecule has 2 heterocycles. The number of nitrogens with one attached hydrogen (secondary N) is 1. The molecule has 0 radical (unpaired) electrons. The first-order valence-corrected chi connectivity index (χ1v) is 5.27. The minimum Gasteiger partial charge on any atom is -0.388 e. The quantitative estimate of drug-likeness (QED) is 0.728. The minimum absolute atomic E-state index is 0.245. The van der Waals surface area contributed by atoms with Gasteiger partial charge in [-0.05, 0) is 6.07 Å². The van der Waals surface area contributed by atoms with Crippen molar-refractivity contribution in [1.82, 2.24) is 24.7 Å². The van der Waals surface area contributed by atoms with Gasteiger partial charge in [-0.25, -0.2) is 9.97 Å². The lowest BCUT2D eigenvalue weighted by Crippen LogP contribution is -2.14. The number of anilines is 1. The Morgan fingerprint density at radius 1 is 1.59 bits per heavy atom. The van der Waals surface area contributed by atoms with Gasteiger partial charge >= 0.3 is 0 Å². The Kier molecular flexibility index (Phi) is 3.24. The molecule has 0 aromatic carbocycles. The fraction of sp³-hybridized carbons (Fsp3) is 0.222. The van der Waals surface area contributed by atoms with Crippen LogP contribution in [-0.4, -0.2) is 29.7 Å². The summed E-state index contributed by atoms with van der Waals surface area (Å²) >= 11 is 4.84. The molecule has 7 nitrogen and oxygen atoms in total. The van der Waals surface area contributed by atoms with Gasteiger partial charge in [0.2, 0.25) is 5.95 Å². The molecule has 0 aliphatic rings. The maximum Gasteiger partial charge on any atom is 0.223 e. The van der Waals surface area contributed by atoms with Crippen molar-refractivity contribution in [3.8, 4) is 0 Å². The number of nitrogens with zero attached hydrogens (tertiary/aromatic N) is 5. The van der Waals surface area contributed by atoms with Gasteiger partial charge in [0.15, 0.2) is 5.82 Å². The summed E-state index contributed by atoms with van der Waals surface area (Å²) in [7, 11) is 1.86. The molecule has 0 aliphatic carbocycles. The normalized spacial score (nSPS) is 10.2. The number of nitrogens with two attached hydrogens (primary N) is 1. The fourth-order valence-electron chi connectivity index (χ4n) is 1.21. The Bertz CT molecular complexity index is 536. The maximum atomic E-state index is 5.48. The maximum absolute atomic E-state index is 5.48. The highest BCUT2D eigenvalue weighted by molar-refractivity contribution is 7.80. The second-order valence-corrected chi connectivity index (χ2v) is 3.78. The van der Waals surface area contributed by atoms with Crippen LogP contribution in [-0.2, 0) is 13.6 Å². The summed E-state index contributed by atoms with van der Waals surface area (Å²) in [6, 6.07) is 1.66. The van der Waals surface area contributed by atoms with Gasteiger partial charge in [-0.1, -0.05) is 12.2 Å². The molecule has 2 aromatic rings. The number of aromatic nitrogens is 5. The van der Waals surface area contributed by atoms with E-state index in [1.807, 2.05) is 11.6 Å². The number of thiocarbonyl (C=S) groups is 1. The van der Waals surface area contributed by atoms with Gasteiger partial charge in [0, 0.05) is 13.2 Å². The van der Waals surface area contributed by atoms with Gasteiger partial charge < -0.3 is 15.6 Å². The highest BCUT2D eigenvalue weighted by Gasteiger charge is 2.03. The second-order valence-electron chi connectivity index (χ2n) is 3.34. The molecule has 0 atom stereocenters. The Hall–Kier alpha value is -2.09. The summed E-state index contributed by atoms with van der Waals surface area (Å²) in [6.07, 6.45) is 3.23. The van der Waals surface area contributed by atoms with Crippen LogP contribution in [0.25, 0.3) is 0 Å². The monoisotopic (exact) mass is 249 g/mol. The van der Waals surface area contributed by atoms with E-state index in [1.54, 1.807) is 18.6 Å². The van der Waals surface area contributed by atoms with Crippen LogP contribution < -0.4 is 11.1 Å². The van der Waals surface area contributed by atoms with Crippen molar-refractivity contribution >= 4 is 23.2 Å². The van der Waals surface area contributed by atoms with Crippen molar-refractivity contribution in [1.29, 1.82) is 0 Å². The molecule has 88 valence electrons. The van der Waals surface area contributed by atoms with Crippen molar-refractivity contribution < 1.29 is 0 Å². The zero-order valence-electron chi connectivity index (χ0n) is 9.16. The van der Waals surface area contributed by atoms with Crippen LogP contribution in [0.4, 0.5) is 5.95 Å². The molecule has 0 bridgehead atoms. The zero-order chi connectivity index (χ0) is 12.3. The topological polar surface area (TPSA) is 94.5 Å². The molecule has 0 unspecified atom stereocenters. The van der Waals surface area contributed by atoms with Gasteiger partial charge in [0.1, 0.15) is 17.0 Å². The number of hydrogen-bond donors (Lipinski definition) is 2. The fourth-order valence-corrected chi connectivity index (χ4v) is 1.32. The van der Waals surface area contributed by atoms with Gasteiger partial charge in [0.25, 0.3) is 0 Å². The van der Waals surface area contributed by atoms with Crippen LogP contribution in [0.1, 0.15) is 11.5 Å². The average molecular weight is 249 g/mol. The lowest BCUT2D eigenvalue weighted by atomic mass is 10.4. The highest BCUT2D eigenvalue weighted by Crippen LogP contribution is 2.02. The molecular formula is C9H11N7S. The van der Waals surface area contributed by atoms with Crippen molar-refractivity contribution in [3.63, 3.8) is 0 Å². The predicted molar refractivity (Wildman–Crippen MR) is 66.2 cm³/mol. The van der Waals surface area contributed by atoms with Crippen molar-refractivity contribution in [2.75, 3.05) is 5.32 Å². The number of rotatable bonds is 4. The van der Waals surface area contributed by atoms with Crippen LogP contribution in [0.15, 0.2) is 18.6 Å². The third kappa shape index (κ3) is 2.72. The molecule has 0 saturated heterocycles. The summed E-state index contributed by atoms with van der Waals surface area (Å²) < 4.78 is 1.81. The van der Waals surface area contributed by atoms with Crippen molar-refractivity contribution in [2.24, 2.45) is 12.8 Å². The standard InChI is InChI=1S/C9H11N7S/c1-16-5-13-15-7(16)4-12-9-11-3-2-6(14-9)8(10)17/h2-3,5H,4H2,1H3,(H2,10,17)(H,11,12,14). The lowest BCUT2D eigenvalue weighted by Gasteiger charge is -2.05. The van der Waals surface area contributed by atoms with Gasteiger partial charge in [-0.15, -0.1) is 10.2 Å². The average Bonchev–Trinajstić information content (AvgIpc) is 2.72. The molecule has 2 rings (SSSR count). The van der Waals surface area contributed by atoms with Crippen molar-refractivity contribution in [3.05, 3.63) is 30.1 Å². The zero-order valence-corrected chi connectivity index (χ0v) is 9.98. The highest BCUT2D eigenvalue weighted by atomic mass is 32.1. The van der Waals surface area contributed by atoms with Crippen LogP contribution in [0.5, 0.6) is 0 Å². The molecular weight excluding hydrogens is 238 g/mol. The van der Waals surface area contributed by atoms with Gasteiger partial charge in [0.05, 0.1) is 6.54 Å². The third-order valence-corrected chi connectivity index (χ3v) is 2.33. The second kappa shape index (κ2) is 4.83. The summed E-state index contributed by atoms with van der Waals surface area (Å²) in [5, 5.41) is 10.7. The van der Waals surface area contributed by atoms with E-state index in [1.165, 1.54) is 0 Å². The molecule has 0 spiro atoms. The molecule has 17 heavy (non-hydrogen) atoms. The van der Waals surface area contributed by atoms with E-state index in [4.69, 9.17) is 18.0 Å². The molecule has 0 fully saturated rings. The number of hydrogen-bond acceptors (Lipinski definition) is 6. The van der Waals surface area contributed by atoms with E-state index in [0.717, 1.165) is 5.82 Å². The first-order valence-electron chi connectivity index (χ1n) is 4.86. The van der Waals surface area contributed by atoms with Crippen molar-refractivity contribution in [2.45, 2.75) is 6.54 Å². The summed E-state index contributed by atoms with van der Waals surface area (Å²) in [5.74, 6) is 1.24. The smallest absolute Gasteiger partial charge is 0.223 e. The molecule has 0 aliphatic heterocycles. The van der Waals surface area contributed by atoms with E-state index in [9.17, 15) is 0 Å². The van der Waals surface area contributed by atoms with Crippen LogP contribution >= 0.6 is 12.2 Å². The molecule has 2 aromatic heterocycles. The largest absolute Gasteiger partial charge is 0.388 e. The third-order valence-electron chi connectivity index (χ3n) is 2.12. The van der Waals surface area contributed by atoms with Gasteiger partial charge in [-0.3, -0.25) is 0 Å². The van der Waals surface area contributed by atoms with E-state index >= 15 is 0 Å². The number of aryl methyl sites for hydroxylation is 1. The van der Waals surface area contributed by atoms with Crippen LogP contribution in [0, 0.1) is 0 Å². The predicted octanol–water partition coefficient (Wildman–Crippen LogP) is -0.149. The molecule has 8 heteroatoms. The van der Waals surface area contributed by atoms with Gasteiger partial charge in [-0.2, -0.15) is 0 Å². The van der Waals surface area contributed by atoms with E-state index < -0.39 is 0 Å². The first-order chi connectivity index (χ1) is 8.16. The van der Waals surface area contributed by atoms with E-state index in [2.05, 4.69) is 25.5 Å². The van der Waals surface area contributed by atoms with E-state index in [0.29, 0.717) is 18.2 Å². The molecule has 0 amide bonds. The summed E-state index contributed by atoms with van der Waals surface area (Å²) in [5.41, 5.74) is 6.02.